The van der Waals surface area contributed by atoms with E-state index in [0.717, 1.165) is 22.7 Å². The van der Waals surface area contributed by atoms with E-state index in [0.29, 0.717) is 17.3 Å². The number of carbonyl (C=O) groups excluding carboxylic acids is 1. The van der Waals surface area contributed by atoms with Gasteiger partial charge in [0, 0.05) is 11.6 Å². The Balaban J connectivity index is 2.42. The van der Waals surface area contributed by atoms with Crippen molar-refractivity contribution < 1.29 is 13.2 Å². The van der Waals surface area contributed by atoms with Crippen LogP contribution in [0.25, 0.3) is 0 Å². The molecule has 2 rings (SSSR count). The van der Waals surface area contributed by atoms with Gasteiger partial charge in [-0.15, -0.1) is 0 Å². The van der Waals surface area contributed by atoms with Crippen molar-refractivity contribution in [2.24, 2.45) is 0 Å². The molecule has 0 spiro atoms. The summed E-state index contributed by atoms with van der Waals surface area (Å²) in [5, 5.41) is 3.17. The smallest absolute Gasteiger partial charge is 0.264 e. The Morgan fingerprint density at radius 3 is 2.50 bits per heavy atom. The Morgan fingerprint density at radius 2 is 1.85 bits per heavy atom. The maximum absolute atomic E-state index is 13.2. The molecule has 0 saturated heterocycles. The van der Waals surface area contributed by atoms with Gasteiger partial charge in [-0.3, -0.25) is 9.10 Å². The maximum Gasteiger partial charge on any atom is 0.264 e. The van der Waals surface area contributed by atoms with Crippen molar-refractivity contribution in [1.29, 1.82) is 0 Å². The summed E-state index contributed by atoms with van der Waals surface area (Å²) in [7, 11) is -3.91. The van der Waals surface area contributed by atoms with Gasteiger partial charge >= 0.3 is 0 Å². The van der Waals surface area contributed by atoms with Crippen LogP contribution in [-0.4, -0.2) is 27.4 Å². The van der Waals surface area contributed by atoms with Gasteiger partial charge in [-0.1, -0.05) is 49.2 Å². The highest BCUT2D eigenvalue weighted by Crippen LogP contribution is 2.29. The molecule has 0 saturated carbocycles. The first-order chi connectivity index (χ1) is 12.4. The normalized spacial score (nSPS) is 11.2. The van der Waals surface area contributed by atoms with Gasteiger partial charge in [0.1, 0.15) is 6.54 Å². The lowest BCUT2D eigenvalue weighted by Gasteiger charge is -2.25. The first-order valence-corrected chi connectivity index (χ1v) is 10.3. The number of hydrogen-bond donors (Lipinski definition) is 1. The van der Waals surface area contributed by atoms with Gasteiger partial charge in [-0.05, 0) is 43.2 Å². The second kappa shape index (κ2) is 9.05. The first-order valence-electron chi connectivity index (χ1n) is 8.47. The third kappa shape index (κ3) is 4.99. The van der Waals surface area contributed by atoms with Gasteiger partial charge in [-0.25, -0.2) is 8.42 Å². The summed E-state index contributed by atoms with van der Waals surface area (Å²) in [6.45, 7) is 4.02. The van der Waals surface area contributed by atoms with Crippen LogP contribution in [0.5, 0.6) is 0 Å². The highest BCUT2D eigenvalue weighted by molar-refractivity contribution is 7.92. The monoisotopic (exact) mass is 394 g/mol. The summed E-state index contributed by atoms with van der Waals surface area (Å²) in [5.74, 6) is -0.350. The molecular weight excluding hydrogens is 372 g/mol. The van der Waals surface area contributed by atoms with E-state index in [1.54, 1.807) is 43.3 Å². The summed E-state index contributed by atoms with van der Waals surface area (Å²) in [6.07, 6.45) is 1.78. The van der Waals surface area contributed by atoms with Crippen LogP contribution in [0, 0.1) is 6.92 Å². The van der Waals surface area contributed by atoms with Crippen LogP contribution in [0.1, 0.15) is 25.3 Å². The molecule has 1 N–H and O–H groups in total. The number of benzene rings is 2. The number of aryl methyl sites for hydroxylation is 1. The Kier molecular flexibility index (Phi) is 7.06. The van der Waals surface area contributed by atoms with E-state index in [-0.39, 0.29) is 17.3 Å². The lowest BCUT2D eigenvalue weighted by Crippen LogP contribution is -2.41. The fourth-order valence-electron chi connectivity index (χ4n) is 2.46. The van der Waals surface area contributed by atoms with Crippen LogP contribution in [0.2, 0.25) is 5.02 Å². The topological polar surface area (TPSA) is 66.5 Å². The number of carbonyl (C=O) groups is 1. The van der Waals surface area contributed by atoms with Crippen LogP contribution in [0.3, 0.4) is 0 Å². The summed E-state index contributed by atoms with van der Waals surface area (Å²) < 4.78 is 27.4. The van der Waals surface area contributed by atoms with Gasteiger partial charge in [0.15, 0.2) is 0 Å². The Hall–Kier alpha value is -2.05. The average Bonchev–Trinajstić information content (AvgIpc) is 2.63. The molecule has 0 fully saturated rings. The number of rotatable bonds is 8. The number of nitrogens with one attached hydrogen (secondary N) is 1. The molecule has 0 unspecified atom stereocenters. The Bertz CT molecular complexity index is 854. The van der Waals surface area contributed by atoms with Crippen molar-refractivity contribution in [2.75, 3.05) is 17.4 Å². The van der Waals surface area contributed by atoms with Crippen molar-refractivity contribution in [3.05, 3.63) is 59.1 Å². The van der Waals surface area contributed by atoms with Gasteiger partial charge in [-0.2, -0.15) is 0 Å². The quantitative estimate of drug-likeness (QED) is 0.693. The second-order valence-electron chi connectivity index (χ2n) is 5.96. The van der Waals surface area contributed by atoms with Gasteiger partial charge in [0.05, 0.1) is 10.6 Å². The van der Waals surface area contributed by atoms with Crippen molar-refractivity contribution in [1.82, 2.24) is 5.32 Å². The molecule has 0 radical (unpaired) electrons. The standard InChI is InChI=1S/C19H23ClN2O3S/c1-3-4-12-21-19(23)14-22(18-13-16(20)11-10-15(18)2)26(24,25)17-8-6-5-7-9-17/h5-11,13H,3-4,12,14H2,1-2H3,(H,21,23). The molecule has 0 atom stereocenters. The van der Waals surface area contributed by atoms with Gasteiger partial charge in [0.2, 0.25) is 5.91 Å². The summed E-state index contributed by atoms with van der Waals surface area (Å²) >= 11 is 6.07. The molecule has 5 nitrogen and oxygen atoms in total. The zero-order valence-electron chi connectivity index (χ0n) is 14.9. The summed E-state index contributed by atoms with van der Waals surface area (Å²) in [5.41, 5.74) is 1.11. The lowest BCUT2D eigenvalue weighted by molar-refractivity contribution is -0.119. The van der Waals surface area contributed by atoms with E-state index in [4.69, 9.17) is 11.6 Å². The van der Waals surface area contributed by atoms with Crippen LogP contribution < -0.4 is 9.62 Å². The molecule has 26 heavy (non-hydrogen) atoms. The van der Waals surface area contributed by atoms with E-state index < -0.39 is 10.0 Å². The molecule has 0 bridgehead atoms. The zero-order chi connectivity index (χ0) is 19.2. The number of amides is 1. The molecule has 0 aromatic heterocycles. The number of sulfonamides is 1. The van der Waals surface area contributed by atoms with Crippen molar-refractivity contribution in [3.63, 3.8) is 0 Å². The van der Waals surface area contributed by atoms with E-state index in [1.165, 1.54) is 12.1 Å². The van der Waals surface area contributed by atoms with Gasteiger partial charge in [0.25, 0.3) is 10.0 Å². The van der Waals surface area contributed by atoms with Crippen molar-refractivity contribution in [3.8, 4) is 0 Å². The fourth-order valence-corrected chi connectivity index (χ4v) is 4.13. The SMILES string of the molecule is CCCCNC(=O)CN(c1cc(Cl)ccc1C)S(=O)(=O)c1ccccc1. The van der Waals surface area contributed by atoms with Crippen molar-refractivity contribution >= 4 is 33.2 Å². The molecule has 0 heterocycles. The molecule has 140 valence electrons. The third-order valence-electron chi connectivity index (χ3n) is 3.91. The first kappa shape index (κ1) is 20.3. The highest BCUT2D eigenvalue weighted by atomic mass is 35.5. The lowest BCUT2D eigenvalue weighted by atomic mass is 10.2. The number of nitrogens with zero attached hydrogens (tertiary/aromatic N) is 1. The molecule has 0 aliphatic heterocycles. The molecule has 0 aliphatic carbocycles. The molecule has 2 aromatic carbocycles. The van der Waals surface area contributed by atoms with Crippen LogP contribution in [0.15, 0.2) is 53.4 Å². The summed E-state index contributed by atoms with van der Waals surface area (Å²) in [4.78, 5) is 12.5. The minimum Gasteiger partial charge on any atom is -0.355 e. The summed E-state index contributed by atoms with van der Waals surface area (Å²) in [6, 6.07) is 13.1. The molecule has 0 aliphatic rings. The average molecular weight is 395 g/mol. The number of hydrogen-bond acceptors (Lipinski definition) is 3. The van der Waals surface area contributed by atoms with Crippen LogP contribution >= 0.6 is 11.6 Å². The second-order valence-corrected chi connectivity index (χ2v) is 8.26. The van der Waals surface area contributed by atoms with E-state index in [9.17, 15) is 13.2 Å². The van der Waals surface area contributed by atoms with Gasteiger partial charge < -0.3 is 5.32 Å². The Labute approximate surface area is 160 Å². The molecule has 1 amide bonds. The highest BCUT2D eigenvalue weighted by Gasteiger charge is 2.28. The predicted molar refractivity (Wildman–Crippen MR) is 105 cm³/mol. The largest absolute Gasteiger partial charge is 0.355 e. The number of unbranched alkanes of at least 4 members (excludes halogenated alkanes) is 1. The zero-order valence-corrected chi connectivity index (χ0v) is 16.5. The molecular formula is C19H23ClN2O3S. The number of halogens is 1. The van der Waals surface area contributed by atoms with Crippen LogP contribution in [0.4, 0.5) is 5.69 Å². The van der Waals surface area contributed by atoms with Crippen LogP contribution in [-0.2, 0) is 14.8 Å². The van der Waals surface area contributed by atoms with E-state index >= 15 is 0 Å². The fraction of sp³-hybridized carbons (Fsp3) is 0.316. The van der Waals surface area contributed by atoms with E-state index in [1.807, 2.05) is 6.92 Å². The molecule has 7 heteroatoms. The predicted octanol–water partition coefficient (Wildman–Crippen LogP) is 3.76. The minimum absolute atomic E-state index is 0.126. The minimum atomic E-state index is -3.91. The number of anilines is 1. The molecule has 2 aromatic rings. The Morgan fingerprint density at radius 1 is 1.15 bits per heavy atom. The van der Waals surface area contributed by atoms with E-state index in [2.05, 4.69) is 5.32 Å². The maximum atomic E-state index is 13.2. The van der Waals surface area contributed by atoms with Crippen molar-refractivity contribution in [2.45, 2.75) is 31.6 Å². The third-order valence-corrected chi connectivity index (χ3v) is 5.92.